The molecule has 1 amide bonds. The Labute approximate surface area is 116 Å². The number of carbonyl (C=O) groups excluding carboxylic acids is 1. The molecule has 98 valence electrons. The van der Waals surface area contributed by atoms with Crippen LogP contribution in [0.1, 0.15) is 17.2 Å². The van der Waals surface area contributed by atoms with Crippen LogP contribution in [0.25, 0.3) is 0 Å². The van der Waals surface area contributed by atoms with Crippen LogP contribution in [0.4, 0.5) is 5.69 Å². The normalized spacial score (nSPS) is 11.9. The second-order valence-electron chi connectivity index (χ2n) is 4.22. The highest BCUT2D eigenvalue weighted by atomic mass is 35.5. The van der Waals surface area contributed by atoms with Crippen LogP contribution in [0.5, 0.6) is 0 Å². The lowest BCUT2D eigenvalue weighted by Gasteiger charge is -2.13. The molecule has 0 saturated heterocycles. The lowest BCUT2D eigenvalue weighted by atomic mass is 10.1. The summed E-state index contributed by atoms with van der Waals surface area (Å²) in [6.45, 7) is 1.98. The SMILES string of the molecule is Cc1ccc(C(N)C(=O)Nc2cccnc2Cl)cc1. The molecule has 4 nitrogen and oxygen atoms in total. The Hall–Kier alpha value is -1.91. The maximum atomic E-state index is 12.0. The summed E-state index contributed by atoms with van der Waals surface area (Å²) in [5, 5.41) is 2.91. The molecular formula is C14H14ClN3O. The van der Waals surface area contributed by atoms with Gasteiger partial charge in [0.05, 0.1) is 5.69 Å². The number of rotatable bonds is 3. The fourth-order valence-electron chi connectivity index (χ4n) is 1.61. The largest absolute Gasteiger partial charge is 0.322 e. The van der Waals surface area contributed by atoms with Gasteiger partial charge in [0.25, 0.3) is 0 Å². The number of nitrogens with one attached hydrogen (secondary N) is 1. The highest BCUT2D eigenvalue weighted by Crippen LogP contribution is 2.20. The molecule has 3 N–H and O–H groups in total. The van der Waals surface area contributed by atoms with Gasteiger partial charge in [0.15, 0.2) is 5.15 Å². The molecule has 1 unspecified atom stereocenters. The number of hydrogen-bond donors (Lipinski definition) is 2. The summed E-state index contributed by atoms with van der Waals surface area (Å²) in [5.41, 5.74) is 8.24. The smallest absolute Gasteiger partial charge is 0.245 e. The molecule has 0 aliphatic heterocycles. The molecule has 1 atom stereocenters. The summed E-state index contributed by atoms with van der Waals surface area (Å²) in [4.78, 5) is 15.9. The minimum absolute atomic E-state index is 0.243. The van der Waals surface area contributed by atoms with Gasteiger partial charge < -0.3 is 11.1 Å². The molecular weight excluding hydrogens is 262 g/mol. The van der Waals surface area contributed by atoms with Gasteiger partial charge in [-0.15, -0.1) is 0 Å². The van der Waals surface area contributed by atoms with Crippen molar-refractivity contribution in [2.45, 2.75) is 13.0 Å². The van der Waals surface area contributed by atoms with Gasteiger partial charge in [0, 0.05) is 6.20 Å². The van der Waals surface area contributed by atoms with E-state index in [1.165, 1.54) is 0 Å². The average Bonchev–Trinajstić information content (AvgIpc) is 2.41. The van der Waals surface area contributed by atoms with E-state index in [0.29, 0.717) is 5.69 Å². The topological polar surface area (TPSA) is 68.0 Å². The number of amides is 1. The van der Waals surface area contributed by atoms with E-state index in [1.54, 1.807) is 18.3 Å². The van der Waals surface area contributed by atoms with Gasteiger partial charge in [0.1, 0.15) is 6.04 Å². The van der Waals surface area contributed by atoms with E-state index in [-0.39, 0.29) is 11.1 Å². The second kappa shape index (κ2) is 5.82. The second-order valence-corrected chi connectivity index (χ2v) is 4.58. The number of anilines is 1. The van der Waals surface area contributed by atoms with Crippen molar-refractivity contribution in [1.82, 2.24) is 4.98 Å². The van der Waals surface area contributed by atoms with Crippen molar-refractivity contribution in [2.75, 3.05) is 5.32 Å². The molecule has 2 aromatic rings. The summed E-state index contributed by atoms with van der Waals surface area (Å²) < 4.78 is 0. The van der Waals surface area contributed by atoms with Crippen molar-refractivity contribution in [3.63, 3.8) is 0 Å². The molecule has 0 aliphatic rings. The third-order valence-electron chi connectivity index (χ3n) is 2.74. The zero-order chi connectivity index (χ0) is 13.8. The van der Waals surface area contributed by atoms with Crippen molar-refractivity contribution in [1.29, 1.82) is 0 Å². The molecule has 2 rings (SSSR count). The predicted octanol–water partition coefficient (Wildman–Crippen LogP) is 2.68. The minimum atomic E-state index is -0.739. The number of halogens is 1. The summed E-state index contributed by atoms with van der Waals surface area (Å²) in [7, 11) is 0. The molecule has 1 heterocycles. The number of aryl methyl sites for hydroxylation is 1. The zero-order valence-electron chi connectivity index (χ0n) is 10.4. The van der Waals surface area contributed by atoms with Gasteiger partial charge in [-0.25, -0.2) is 4.98 Å². The highest BCUT2D eigenvalue weighted by Gasteiger charge is 2.16. The summed E-state index contributed by atoms with van der Waals surface area (Å²) >= 11 is 5.87. The fraction of sp³-hybridized carbons (Fsp3) is 0.143. The minimum Gasteiger partial charge on any atom is -0.322 e. The maximum Gasteiger partial charge on any atom is 0.245 e. The molecule has 0 fully saturated rings. The van der Waals surface area contributed by atoms with Crippen LogP contribution in [0, 0.1) is 6.92 Å². The van der Waals surface area contributed by atoms with Crippen molar-refractivity contribution in [2.24, 2.45) is 5.73 Å². The van der Waals surface area contributed by atoms with Crippen molar-refractivity contribution < 1.29 is 4.79 Å². The van der Waals surface area contributed by atoms with Gasteiger partial charge in [0.2, 0.25) is 5.91 Å². The van der Waals surface area contributed by atoms with Crippen LogP contribution in [0.2, 0.25) is 5.15 Å². The number of nitrogens with zero attached hydrogens (tertiary/aromatic N) is 1. The monoisotopic (exact) mass is 275 g/mol. The van der Waals surface area contributed by atoms with E-state index in [0.717, 1.165) is 11.1 Å². The Balaban J connectivity index is 2.12. The number of pyridine rings is 1. The van der Waals surface area contributed by atoms with E-state index in [9.17, 15) is 4.79 Å². The molecule has 1 aromatic carbocycles. The van der Waals surface area contributed by atoms with Crippen LogP contribution < -0.4 is 11.1 Å². The quantitative estimate of drug-likeness (QED) is 0.846. The predicted molar refractivity (Wildman–Crippen MR) is 76.0 cm³/mol. The Kier molecular flexibility index (Phi) is 4.14. The Bertz CT molecular complexity index is 583. The van der Waals surface area contributed by atoms with Gasteiger partial charge in [-0.05, 0) is 24.6 Å². The first-order chi connectivity index (χ1) is 9.08. The maximum absolute atomic E-state index is 12.0. The van der Waals surface area contributed by atoms with Crippen LogP contribution in [-0.2, 0) is 4.79 Å². The zero-order valence-corrected chi connectivity index (χ0v) is 11.2. The van der Waals surface area contributed by atoms with Crippen LogP contribution in [0.15, 0.2) is 42.6 Å². The number of aromatic nitrogens is 1. The van der Waals surface area contributed by atoms with Crippen molar-refractivity contribution >= 4 is 23.2 Å². The number of benzene rings is 1. The Morgan fingerprint density at radius 3 is 2.63 bits per heavy atom. The molecule has 1 aromatic heterocycles. The van der Waals surface area contributed by atoms with Crippen LogP contribution in [0.3, 0.4) is 0 Å². The first kappa shape index (κ1) is 13.5. The van der Waals surface area contributed by atoms with Crippen molar-refractivity contribution in [3.8, 4) is 0 Å². The van der Waals surface area contributed by atoms with Gasteiger partial charge in [-0.3, -0.25) is 4.79 Å². The number of hydrogen-bond acceptors (Lipinski definition) is 3. The van der Waals surface area contributed by atoms with Gasteiger partial charge in [-0.2, -0.15) is 0 Å². The fourth-order valence-corrected chi connectivity index (χ4v) is 1.78. The van der Waals surface area contributed by atoms with Gasteiger partial charge in [-0.1, -0.05) is 41.4 Å². The van der Waals surface area contributed by atoms with E-state index < -0.39 is 6.04 Å². The number of nitrogens with two attached hydrogens (primary N) is 1. The lowest BCUT2D eigenvalue weighted by Crippen LogP contribution is -2.27. The van der Waals surface area contributed by atoms with E-state index in [1.807, 2.05) is 31.2 Å². The van der Waals surface area contributed by atoms with E-state index in [4.69, 9.17) is 17.3 Å². The Morgan fingerprint density at radius 2 is 2.00 bits per heavy atom. The van der Waals surface area contributed by atoms with E-state index in [2.05, 4.69) is 10.3 Å². The van der Waals surface area contributed by atoms with Gasteiger partial charge >= 0.3 is 0 Å². The lowest BCUT2D eigenvalue weighted by molar-refractivity contribution is -0.117. The van der Waals surface area contributed by atoms with Crippen molar-refractivity contribution in [3.05, 3.63) is 58.9 Å². The Morgan fingerprint density at radius 1 is 1.32 bits per heavy atom. The first-order valence-corrected chi connectivity index (χ1v) is 6.19. The summed E-state index contributed by atoms with van der Waals surface area (Å²) in [6, 6.07) is 10.1. The van der Waals surface area contributed by atoms with E-state index >= 15 is 0 Å². The molecule has 0 saturated carbocycles. The summed E-state index contributed by atoms with van der Waals surface area (Å²) in [6.07, 6.45) is 1.55. The van der Waals surface area contributed by atoms with Crippen LogP contribution in [-0.4, -0.2) is 10.9 Å². The average molecular weight is 276 g/mol. The molecule has 5 heteroatoms. The number of carbonyl (C=O) groups is 1. The third kappa shape index (κ3) is 3.30. The molecule has 0 bridgehead atoms. The third-order valence-corrected chi connectivity index (χ3v) is 3.04. The molecule has 0 spiro atoms. The van der Waals surface area contributed by atoms with Crippen LogP contribution >= 0.6 is 11.6 Å². The molecule has 19 heavy (non-hydrogen) atoms. The molecule has 0 aliphatic carbocycles. The standard InChI is InChI=1S/C14H14ClN3O/c1-9-4-6-10(7-5-9)12(16)14(19)18-11-3-2-8-17-13(11)15/h2-8,12H,16H2,1H3,(H,18,19). The summed E-state index contributed by atoms with van der Waals surface area (Å²) in [5.74, 6) is -0.321. The first-order valence-electron chi connectivity index (χ1n) is 5.81. The molecule has 0 radical (unpaired) electrons. The highest BCUT2D eigenvalue weighted by molar-refractivity contribution is 6.32.